The molecule has 0 spiro atoms. The van der Waals surface area contributed by atoms with Crippen LogP contribution in [0.15, 0.2) is 36.4 Å². The van der Waals surface area contributed by atoms with E-state index in [-0.39, 0.29) is 12.0 Å². The molecule has 4 heteroatoms. The van der Waals surface area contributed by atoms with Crippen LogP contribution in [0.4, 0.5) is 5.69 Å². The van der Waals surface area contributed by atoms with Gasteiger partial charge in [-0.05, 0) is 62.9 Å². The van der Waals surface area contributed by atoms with Gasteiger partial charge in [-0.1, -0.05) is 23.8 Å². The van der Waals surface area contributed by atoms with E-state index in [0.717, 1.165) is 36.3 Å². The smallest absolute Gasteiger partial charge is 0.255 e. The van der Waals surface area contributed by atoms with Crippen LogP contribution in [0.5, 0.6) is 5.75 Å². The van der Waals surface area contributed by atoms with E-state index < -0.39 is 0 Å². The first-order chi connectivity index (χ1) is 12.0. The monoisotopic (exact) mass is 339 g/mol. The molecule has 25 heavy (non-hydrogen) atoms. The Bertz CT molecular complexity index is 740. The predicted octanol–water partition coefficient (Wildman–Crippen LogP) is 4.42. The maximum absolute atomic E-state index is 12.6. The van der Waals surface area contributed by atoms with Crippen molar-refractivity contribution in [1.29, 1.82) is 0 Å². The van der Waals surface area contributed by atoms with Crippen LogP contribution in [0.2, 0.25) is 0 Å². The number of ether oxygens (including phenoxy) is 2. The van der Waals surface area contributed by atoms with E-state index in [1.54, 1.807) is 12.1 Å². The molecule has 0 aliphatic carbocycles. The maximum atomic E-state index is 12.6. The summed E-state index contributed by atoms with van der Waals surface area (Å²) in [6.45, 7) is 7.42. The maximum Gasteiger partial charge on any atom is 0.255 e. The van der Waals surface area contributed by atoms with Crippen molar-refractivity contribution in [2.75, 3.05) is 18.5 Å². The fraction of sp³-hybridized carbons (Fsp3) is 0.381. The molecule has 1 heterocycles. The molecule has 0 saturated carbocycles. The zero-order valence-corrected chi connectivity index (χ0v) is 15.1. The number of carbonyl (C=O) groups is 1. The van der Waals surface area contributed by atoms with Gasteiger partial charge in [-0.25, -0.2) is 0 Å². The molecule has 2 aromatic rings. The van der Waals surface area contributed by atoms with E-state index in [9.17, 15) is 4.79 Å². The van der Waals surface area contributed by atoms with Gasteiger partial charge in [-0.3, -0.25) is 4.79 Å². The molecule has 1 fully saturated rings. The quantitative estimate of drug-likeness (QED) is 0.877. The van der Waals surface area contributed by atoms with E-state index in [4.69, 9.17) is 9.47 Å². The molecule has 2 aromatic carbocycles. The molecule has 0 bridgehead atoms. The molecule has 1 aliphatic rings. The van der Waals surface area contributed by atoms with Gasteiger partial charge < -0.3 is 14.8 Å². The molecule has 1 N–H and O–H groups in total. The summed E-state index contributed by atoms with van der Waals surface area (Å²) in [4.78, 5) is 12.6. The number of carbonyl (C=O) groups excluding carboxylic acids is 1. The van der Waals surface area contributed by atoms with Crippen LogP contribution in [0, 0.1) is 20.8 Å². The second-order valence-electron chi connectivity index (χ2n) is 6.70. The third kappa shape index (κ3) is 4.40. The molecule has 132 valence electrons. The summed E-state index contributed by atoms with van der Waals surface area (Å²) in [5, 5.41) is 3.03. The summed E-state index contributed by atoms with van der Waals surface area (Å²) in [5.74, 6) is 0.568. The number of rotatable bonds is 5. The van der Waals surface area contributed by atoms with E-state index >= 15 is 0 Å². The van der Waals surface area contributed by atoms with E-state index in [2.05, 4.69) is 24.4 Å². The Hall–Kier alpha value is -2.33. The van der Waals surface area contributed by atoms with Gasteiger partial charge >= 0.3 is 0 Å². The lowest BCUT2D eigenvalue weighted by Crippen LogP contribution is -2.17. The minimum Gasteiger partial charge on any atom is -0.491 e. The van der Waals surface area contributed by atoms with Gasteiger partial charge in [0.25, 0.3) is 5.91 Å². The van der Waals surface area contributed by atoms with Gasteiger partial charge in [0, 0.05) is 17.9 Å². The number of anilines is 1. The molecular formula is C21H25NO3. The van der Waals surface area contributed by atoms with Gasteiger partial charge in [-0.2, -0.15) is 0 Å². The normalized spacial score (nSPS) is 16.7. The lowest BCUT2D eigenvalue weighted by atomic mass is 10.0. The highest BCUT2D eigenvalue weighted by Gasteiger charge is 2.16. The van der Waals surface area contributed by atoms with E-state index in [1.165, 1.54) is 5.56 Å². The summed E-state index contributed by atoms with van der Waals surface area (Å²) >= 11 is 0. The summed E-state index contributed by atoms with van der Waals surface area (Å²) in [6, 6.07) is 11.4. The highest BCUT2D eigenvalue weighted by molar-refractivity contribution is 6.05. The Morgan fingerprint density at radius 2 is 1.96 bits per heavy atom. The van der Waals surface area contributed by atoms with Crippen molar-refractivity contribution in [1.82, 2.24) is 0 Å². The third-order valence-electron chi connectivity index (χ3n) is 4.47. The van der Waals surface area contributed by atoms with Crippen LogP contribution in [0.1, 0.15) is 39.9 Å². The van der Waals surface area contributed by atoms with Crippen LogP contribution in [0.3, 0.4) is 0 Å². The van der Waals surface area contributed by atoms with Gasteiger partial charge in [0.05, 0.1) is 6.10 Å². The molecule has 3 rings (SSSR count). The lowest BCUT2D eigenvalue weighted by Gasteiger charge is -2.14. The average molecular weight is 339 g/mol. The number of nitrogens with one attached hydrogen (secondary N) is 1. The van der Waals surface area contributed by atoms with Gasteiger partial charge in [-0.15, -0.1) is 0 Å². The summed E-state index contributed by atoms with van der Waals surface area (Å²) in [7, 11) is 0. The summed E-state index contributed by atoms with van der Waals surface area (Å²) in [6.07, 6.45) is 2.29. The molecular weight excluding hydrogens is 314 g/mol. The van der Waals surface area contributed by atoms with Crippen LogP contribution in [0.25, 0.3) is 0 Å². The first-order valence-electron chi connectivity index (χ1n) is 8.76. The molecule has 1 atom stereocenters. The molecule has 0 aromatic heterocycles. The topological polar surface area (TPSA) is 47.6 Å². The van der Waals surface area contributed by atoms with Crippen molar-refractivity contribution in [3.63, 3.8) is 0 Å². The Morgan fingerprint density at radius 3 is 2.64 bits per heavy atom. The second-order valence-corrected chi connectivity index (χ2v) is 6.70. The van der Waals surface area contributed by atoms with Crippen LogP contribution in [-0.2, 0) is 4.74 Å². The molecule has 0 radical (unpaired) electrons. The van der Waals surface area contributed by atoms with Crippen molar-refractivity contribution in [2.24, 2.45) is 0 Å². The van der Waals surface area contributed by atoms with Gasteiger partial charge in [0.2, 0.25) is 0 Å². The predicted molar refractivity (Wildman–Crippen MR) is 99.5 cm³/mol. The van der Waals surface area contributed by atoms with Crippen molar-refractivity contribution in [3.05, 3.63) is 58.7 Å². The Kier molecular flexibility index (Phi) is 5.39. The third-order valence-corrected chi connectivity index (χ3v) is 4.47. The minimum atomic E-state index is -0.127. The lowest BCUT2D eigenvalue weighted by molar-refractivity contribution is 0.0679. The number of benzene rings is 2. The standard InChI is InChI=1S/C21H25NO3/c1-14-10-15(2)20(16(3)11-14)22-21(23)17-6-4-7-18(12-17)25-13-19-8-5-9-24-19/h4,6-7,10-12,19H,5,8-9,13H2,1-3H3,(H,22,23). The zero-order valence-electron chi connectivity index (χ0n) is 15.1. The highest BCUT2D eigenvalue weighted by atomic mass is 16.5. The van der Waals surface area contributed by atoms with Crippen molar-refractivity contribution in [2.45, 2.75) is 39.7 Å². The molecule has 4 nitrogen and oxygen atoms in total. The largest absolute Gasteiger partial charge is 0.491 e. The van der Waals surface area contributed by atoms with Crippen LogP contribution in [-0.4, -0.2) is 25.2 Å². The zero-order chi connectivity index (χ0) is 17.8. The average Bonchev–Trinajstić information content (AvgIpc) is 3.10. The fourth-order valence-corrected chi connectivity index (χ4v) is 3.25. The Morgan fingerprint density at radius 1 is 1.20 bits per heavy atom. The highest BCUT2D eigenvalue weighted by Crippen LogP contribution is 2.23. The fourth-order valence-electron chi connectivity index (χ4n) is 3.25. The molecule has 1 aliphatic heterocycles. The SMILES string of the molecule is Cc1cc(C)c(NC(=O)c2cccc(OCC3CCCO3)c2)c(C)c1. The van der Waals surface area contributed by atoms with Crippen molar-refractivity contribution in [3.8, 4) is 5.75 Å². The molecule has 1 unspecified atom stereocenters. The molecule has 1 amide bonds. The van der Waals surface area contributed by atoms with Crippen molar-refractivity contribution < 1.29 is 14.3 Å². The number of aryl methyl sites for hydroxylation is 3. The van der Waals surface area contributed by atoms with Crippen molar-refractivity contribution >= 4 is 11.6 Å². The Labute approximate surface area is 149 Å². The Balaban J connectivity index is 1.69. The first kappa shape index (κ1) is 17.5. The summed E-state index contributed by atoms with van der Waals surface area (Å²) in [5.41, 5.74) is 4.79. The van der Waals surface area contributed by atoms with E-state index in [1.807, 2.05) is 26.0 Å². The van der Waals surface area contributed by atoms with Gasteiger partial charge in [0.15, 0.2) is 0 Å². The van der Waals surface area contributed by atoms with E-state index in [0.29, 0.717) is 17.9 Å². The number of amides is 1. The van der Waals surface area contributed by atoms with Crippen LogP contribution < -0.4 is 10.1 Å². The van der Waals surface area contributed by atoms with Crippen LogP contribution >= 0.6 is 0 Å². The number of hydrogen-bond donors (Lipinski definition) is 1. The second kappa shape index (κ2) is 7.70. The molecule has 1 saturated heterocycles. The summed E-state index contributed by atoms with van der Waals surface area (Å²) < 4.78 is 11.4. The van der Waals surface area contributed by atoms with Gasteiger partial charge in [0.1, 0.15) is 12.4 Å². The minimum absolute atomic E-state index is 0.127. The first-order valence-corrected chi connectivity index (χ1v) is 8.76. The number of hydrogen-bond acceptors (Lipinski definition) is 3.